The van der Waals surface area contributed by atoms with E-state index in [1.54, 1.807) is 0 Å². The summed E-state index contributed by atoms with van der Waals surface area (Å²) in [7, 11) is 0. The molecule has 0 aromatic rings. The number of nitrogens with one attached hydrogen (secondary N) is 1. The largest absolute Gasteiger partial charge is 0.353 e. The van der Waals surface area contributed by atoms with Crippen LogP contribution in [0.1, 0.15) is 66.7 Å². The minimum absolute atomic E-state index is 0.0726. The Morgan fingerprint density at radius 3 is 2.17 bits per heavy atom. The van der Waals surface area contributed by atoms with Crippen molar-refractivity contribution in [3.05, 3.63) is 0 Å². The molecular formula is C19H34N2O2. The number of piperidine rings is 1. The van der Waals surface area contributed by atoms with Crippen molar-refractivity contribution in [2.45, 2.75) is 72.8 Å². The van der Waals surface area contributed by atoms with Crippen molar-refractivity contribution in [1.29, 1.82) is 0 Å². The van der Waals surface area contributed by atoms with Crippen LogP contribution >= 0.6 is 0 Å². The number of hydrogen-bond acceptors (Lipinski definition) is 2. The summed E-state index contributed by atoms with van der Waals surface area (Å²) in [6.45, 7) is 11.9. The normalized spacial score (nSPS) is 30.1. The van der Waals surface area contributed by atoms with Crippen LogP contribution in [0.25, 0.3) is 0 Å². The van der Waals surface area contributed by atoms with Gasteiger partial charge in [-0.25, -0.2) is 0 Å². The van der Waals surface area contributed by atoms with E-state index in [4.69, 9.17) is 0 Å². The van der Waals surface area contributed by atoms with Crippen LogP contribution in [-0.4, -0.2) is 35.8 Å². The highest BCUT2D eigenvalue weighted by atomic mass is 16.2. The SMILES string of the molecule is CC1CCCC(NC(=O)C2CCN(C(=O)C(C)(C)C)CC2)C1C. The number of carbonyl (C=O) groups excluding carboxylic acids is 2. The Labute approximate surface area is 141 Å². The Balaban J connectivity index is 1.83. The number of hydrogen-bond donors (Lipinski definition) is 1. The van der Waals surface area contributed by atoms with Gasteiger partial charge in [0.1, 0.15) is 0 Å². The van der Waals surface area contributed by atoms with Crippen molar-refractivity contribution in [2.75, 3.05) is 13.1 Å². The molecule has 2 fully saturated rings. The summed E-state index contributed by atoms with van der Waals surface area (Å²) in [5.74, 6) is 1.74. The van der Waals surface area contributed by atoms with E-state index in [0.717, 1.165) is 19.3 Å². The van der Waals surface area contributed by atoms with E-state index in [1.165, 1.54) is 12.8 Å². The summed E-state index contributed by atoms with van der Waals surface area (Å²) < 4.78 is 0. The molecule has 1 aliphatic carbocycles. The van der Waals surface area contributed by atoms with E-state index >= 15 is 0 Å². The molecule has 3 unspecified atom stereocenters. The second-order valence-electron chi connectivity index (χ2n) is 8.70. The van der Waals surface area contributed by atoms with Crippen LogP contribution in [0.3, 0.4) is 0 Å². The van der Waals surface area contributed by atoms with Gasteiger partial charge in [0.05, 0.1) is 0 Å². The predicted molar refractivity (Wildman–Crippen MR) is 92.9 cm³/mol. The molecule has 0 spiro atoms. The van der Waals surface area contributed by atoms with Crippen molar-refractivity contribution in [1.82, 2.24) is 10.2 Å². The summed E-state index contributed by atoms with van der Waals surface area (Å²) in [6, 6.07) is 0.334. The Bertz CT molecular complexity index is 433. The van der Waals surface area contributed by atoms with Gasteiger partial charge in [0.15, 0.2) is 0 Å². The molecule has 0 aromatic heterocycles. The number of likely N-dealkylation sites (tertiary alicyclic amines) is 1. The van der Waals surface area contributed by atoms with Gasteiger partial charge in [0.25, 0.3) is 0 Å². The van der Waals surface area contributed by atoms with Crippen molar-refractivity contribution in [2.24, 2.45) is 23.2 Å². The topological polar surface area (TPSA) is 49.4 Å². The molecule has 1 aliphatic heterocycles. The van der Waals surface area contributed by atoms with E-state index < -0.39 is 0 Å². The first kappa shape index (κ1) is 18.3. The number of amides is 2. The number of nitrogens with zero attached hydrogens (tertiary/aromatic N) is 1. The van der Waals surface area contributed by atoms with Gasteiger partial charge >= 0.3 is 0 Å². The van der Waals surface area contributed by atoms with Crippen molar-refractivity contribution in [3.63, 3.8) is 0 Å². The molecule has 0 radical (unpaired) electrons. The highest BCUT2D eigenvalue weighted by molar-refractivity contribution is 5.82. The molecule has 23 heavy (non-hydrogen) atoms. The summed E-state index contributed by atoms with van der Waals surface area (Å²) in [4.78, 5) is 26.8. The fourth-order valence-electron chi connectivity index (χ4n) is 3.91. The van der Waals surface area contributed by atoms with Gasteiger partial charge in [-0.2, -0.15) is 0 Å². The maximum Gasteiger partial charge on any atom is 0.227 e. The zero-order chi connectivity index (χ0) is 17.2. The van der Waals surface area contributed by atoms with E-state index in [2.05, 4.69) is 19.2 Å². The van der Waals surface area contributed by atoms with Crippen LogP contribution in [0.4, 0.5) is 0 Å². The third kappa shape index (κ3) is 4.48. The monoisotopic (exact) mass is 322 g/mol. The summed E-state index contributed by atoms with van der Waals surface area (Å²) in [6.07, 6.45) is 5.20. The predicted octanol–water partition coefficient (Wildman–Crippen LogP) is 3.21. The molecule has 2 amide bonds. The lowest BCUT2D eigenvalue weighted by Gasteiger charge is -2.38. The van der Waals surface area contributed by atoms with E-state index in [1.807, 2.05) is 25.7 Å². The maximum absolute atomic E-state index is 12.6. The van der Waals surface area contributed by atoms with Crippen molar-refractivity contribution >= 4 is 11.8 Å². The second-order valence-corrected chi connectivity index (χ2v) is 8.70. The molecule has 0 aromatic carbocycles. The zero-order valence-corrected chi connectivity index (χ0v) is 15.5. The molecule has 4 heteroatoms. The molecule has 4 nitrogen and oxygen atoms in total. The minimum Gasteiger partial charge on any atom is -0.353 e. The van der Waals surface area contributed by atoms with Crippen LogP contribution in [0.2, 0.25) is 0 Å². The quantitative estimate of drug-likeness (QED) is 0.848. The van der Waals surface area contributed by atoms with Crippen LogP contribution in [-0.2, 0) is 9.59 Å². The van der Waals surface area contributed by atoms with Gasteiger partial charge in [-0.1, -0.05) is 47.5 Å². The van der Waals surface area contributed by atoms with Crippen molar-refractivity contribution < 1.29 is 9.59 Å². The van der Waals surface area contributed by atoms with Gasteiger partial charge in [-0.05, 0) is 31.1 Å². The molecule has 132 valence electrons. The van der Waals surface area contributed by atoms with E-state index in [9.17, 15) is 9.59 Å². The second kappa shape index (κ2) is 7.23. The average Bonchev–Trinajstić information content (AvgIpc) is 2.50. The Hall–Kier alpha value is -1.06. The first-order chi connectivity index (χ1) is 10.7. The maximum atomic E-state index is 12.6. The zero-order valence-electron chi connectivity index (χ0n) is 15.5. The van der Waals surface area contributed by atoms with E-state index in [0.29, 0.717) is 31.0 Å². The molecule has 2 rings (SSSR count). The first-order valence-corrected chi connectivity index (χ1v) is 9.30. The molecule has 3 atom stereocenters. The van der Waals surface area contributed by atoms with Gasteiger partial charge < -0.3 is 10.2 Å². The highest BCUT2D eigenvalue weighted by Gasteiger charge is 2.34. The summed E-state index contributed by atoms with van der Waals surface area (Å²) >= 11 is 0. The van der Waals surface area contributed by atoms with Gasteiger partial charge in [-0.3, -0.25) is 9.59 Å². The number of carbonyl (C=O) groups is 2. The Morgan fingerprint density at radius 2 is 1.61 bits per heavy atom. The highest BCUT2D eigenvalue weighted by Crippen LogP contribution is 2.30. The molecule has 1 saturated carbocycles. The average molecular weight is 322 g/mol. The van der Waals surface area contributed by atoms with Gasteiger partial charge in [0.2, 0.25) is 11.8 Å². The van der Waals surface area contributed by atoms with Crippen LogP contribution in [0.15, 0.2) is 0 Å². The van der Waals surface area contributed by atoms with Crippen LogP contribution in [0, 0.1) is 23.2 Å². The molecule has 2 aliphatic rings. The third-order valence-corrected chi connectivity index (χ3v) is 5.83. The lowest BCUT2D eigenvalue weighted by Crippen LogP contribution is -2.50. The summed E-state index contributed by atoms with van der Waals surface area (Å²) in [5.41, 5.74) is -0.331. The molecule has 1 heterocycles. The molecule has 1 saturated heterocycles. The third-order valence-electron chi connectivity index (χ3n) is 5.83. The number of rotatable bonds is 2. The van der Waals surface area contributed by atoms with Crippen LogP contribution in [0.5, 0.6) is 0 Å². The molecule has 1 N–H and O–H groups in total. The van der Waals surface area contributed by atoms with Gasteiger partial charge in [0, 0.05) is 30.5 Å². The van der Waals surface area contributed by atoms with Gasteiger partial charge in [-0.15, -0.1) is 0 Å². The molecule has 0 bridgehead atoms. The van der Waals surface area contributed by atoms with Crippen molar-refractivity contribution in [3.8, 4) is 0 Å². The molecular weight excluding hydrogens is 288 g/mol. The fourth-order valence-corrected chi connectivity index (χ4v) is 3.91. The smallest absolute Gasteiger partial charge is 0.227 e. The lowest BCUT2D eigenvalue weighted by molar-refractivity contribution is -0.142. The standard InChI is InChI=1S/C19H34N2O2/c1-13-7-6-8-16(14(13)2)20-17(22)15-9-11-21(12-10-15)18(23)19(3,4)5/h13-16H,6-12H2,1-5H3,(H,20,22). The minimum atomic E-state index is -0.331. The Morgan fingerprint density at radius 1 is 1.00 bits per heavy atom. The summed E-state index contributed by atoms with van der Waals surface area (Å²) in [5, 5.41) is 3.30. The lowest BCUT2D eigenvalue weighted by atomic mass is 9.77. The fraction of sp³-hybridized carbons (Fsp3) is 0.895. The van der Waals surface area contributed by atoms with Crippen LogP contribution < -0.4 is 5.32 Å². The van der Waals surface area contributed by atoms with E-state index in [-0.39, 0.29) is 23.1 Å². The Kier molecular flexibility index (Phi) is 5.74. The first-order valence-electron chi connectivity index (χ1n) is 9.30.